The van der Waals surface area contributed by atoms with Crippen molar-refractivity contribution in [2.45, 2.75) is 58.2 Å². The maximum Gasteiger partial charge on any atom is 0.241 e. The van der Waals surface area contributed by atoms with Gasteiger partial charge < -0.3 is 5.32 Å². The molecule has 158 valence electrons. The number of nitrogens with one attached hydrogen (secondary N) is 1. The molecule has 0 aliphatic carbocycles. The van der Waals surface area contributed by atoms with Gasteiger partial charge in [-0.1, -0.05) is 55.0 Å². The average molecular weight is 405 g/mol. The normalized spacial score (nSPS) is 19.8. The maximum absolute atomic E-state index is 12.6. The van der Waals surface area contributed by atoms with E-state index in [2.05, 4.69) is 42.3 Å². The predicted octanol–water partition coefficient (Wildman–Crippen LogP) is 4.47. The van der Waals surface area contributed by atoms with Gasteiger partial charge in [0.25, 0.3) is 0 Å². The Morgan fingerprint density at radius 3 is 2.50 bits per heavy atom. The molecule has 5 heteroatoms. The highest BCUT2D eigenvalue weighted by Gasteiger charge is 2.23. The molecule has 0 radical (unpaired) electrons. The number of benzene rings is 2. The van der Waals surface area contributed by atoms with Gasteiger partial charge in [-0.2, -0.15) is 5.10 Å². The fourth-order valence-corrected chi connectivity index (χ4v) is 4.65. The zero-order valence-electron chi connectivity index (χ0n) is 18.1. The molecule has 1 N–H and O–H groups in total. The van der Waals surface area contributed by atoms with Crippen LogP contribution in [0.1, 0.15) is 39.5 Å². The molecule has 0 spiro atoms. The molecule has 30 heavy (non-hydrogen) atoms. The fraction of sp³-hybridized carbons (Fsp3) is 0.440. The van der Waals surface area contributed by atoms with E-state index in [1.165, 1.54) is 19.3 Å². The highest BCUT2D eigenvalue weighted by atomic mass is 16.2. The lowest BCUT2D eigenvalue weighted by Crippen LogP contribution is -2.44. The van der Waals surface area contributed by atoms with Crippen LogP contribution < -0.4 is 5.32 Å². The number of carbonyl (C=O) groups is 1. The van der Waals surface area contributed by atoms with Gasteiger partial charge in [0.1, 0.15) is 12.2 Å². The van der Waals surface area contributed by atoms with Crippen LogP contribution >= 0.6 is 0 Å². The fourth-order valence-electron chi connectivity index (χ4n) is 4.65. The summed E-state index contributed by atoms with van der Waals surface area (Å²) in [4.78, 5) is 15.2. The van der Waals surface area contributed by atoms with Gasteiger partial charge in [-0.15, -0.1) is 0 Å². The molecule has 2 atom stereocenters. The third-order valence-electron chi connectivity index (χ3n) is 6.29. The molecule has 3 aromatic rings. The lowest BCUT2D eigenvalue weighted by Gasteiger charge is -2.39. The number of piperidine rings is 1. The Morgan fingerprint density at radius 1 is 1.03 bits per heavy atom. The minimum Gasteiger partial charge on any atom is -0.354 e. The lowest BCUT2D eigenvalue weighted by molar-refractivity contribution is -0.121. The zero-order chi connectivity index (χ0) is 20.9. The number of likely N-dealkylation sites (tertiary alicyclic amines) is 1. The van der Waals surface area contributed by atoms with Crippen LogP contribution in [0.4, 0.5) is 0 Å². The Labute approximate surface area is 179 Å². The molecule has 2 aromatic carbocycles. The number of nitrogens with zero attached hydrogens (tertiary/aromatic N) is 3. The van der Waals surface area contributed by atoms with Crippen LogP contribution in [0, 0.1) is 0 Å². The van der Waals surface area contributed by atoms with Crippen molar-refractivity contribution in [2.75, 3.05) is 13.1 Å². The summed E-state index contributed by atoms with van der Waals surface area (Å²) >= 11 is 0. The standard InChI is InChI=1S/C25H32N4O/c1-19-10-8-11-20(2)28(19)17-9-16-26-24(30)18-29-23-15-7-6-14-22(23)25(27-29)21-12-4-3-5-13-21/h3-7,12-15,19-20H,8-11,16-18H2,1-2H3,(H,26,30)/t19-,20-/m1/s1. The number of para-hydroxylation sites is 1. The molecule has 0 saturated carbocycles. The zero-order valence-corrected chi connectivity index (χ0v) is 18.1. The number of fused-ring (bicyclic) bond motifs is 1. The van der Waals surface area contributed by atoms with Crippen LogP contribution in [0.2, 0.25) is 0 Å². The summed E-state index contributed by atoms with van der Waals surface area (Å²) < 4.78 is 1.82. The quantitative estimate of drug-likeness (QED) is 0.591. The second kappa shape index (κ2) is 9.43. The van der Waals surface area contributed by atoms with Crippen LogP contribution in [0.25, 0.3) is 22.2 Å². The minimum absolute atomic E-state index is 0.0163. The monoisotopic (exact) mass is 404 g/mol. The van der Waals surface area contributed by atoms with Crippen molar-refractivity contribution >= 4 is 16.8 Å². The van der Waals surface area contributed by atoms with Crippen molar-refractivity contribution in [3.63, 3.8) is 0 Å². The van der Waals surface area contributed by atoms with Gasteiger partial charge >= 0.3 is 0 Å². The van der Waals surface area contributed by atoms with Crippen molar-refractivity contribution in [2.24, 2.45) is 0 Å². The highest BCUT2D eigenvalue weighted by molar-refractivity contribution is 5.94. The van der Waals surface area contributed by atoms with Gasteiger partial charge in [-0.25, -0.2) is 0 Å². The van der Waals surface area contributed by atoms with Gasteiger partial charge in [0, 0.05) is 36.1 Å². The molecule has 0 bridgehead atoms. The average Bonchev–Trinajstić information content (AvgIpc) is 3.12. The minimum atomic E-state index is 0.0163. The number of hydrogen-bond acceptors (Lipinski definition) is 3. The third-order valence-corrected chi connectivity index (χ3v) is 6.29. The molecule has 0 unspecified atom stereocenters. The Hall–Kier alpha value is -2.66. The first-order valence-electron chi connectivity index (χ1n) is 11.2. The van der Waals surface area contributed by atoms with E-state index in [1.807, 2.05) is 41.1 Å². The number of amides is 1. The van der Waals surface area contributed by atoms with Gasteiger partial charge in [0.15, 0.2) is 0 Å². The summed E-state index contributed by atoms with van der Waals surface area (Å²) in [6.07, 6.45) is 4.88. The van der Waals surface area contributed by atoms with Crippen molar-refractivity contribution < 1.29 is 4.79 Å². The van der Waals surface area contributed by atoms with E-state index in [1.54, 1.807) is 0 Å². The third kappa shape index (κ3) is 4.57. The van der Waals surface area contributed by atoms with Gasteiger partial charge in [-0.05, 0) is 39.2 Å². The van der Waals surface area contributed by atoms with E-state index in [4.69, 9.17) is 5.10 Å². The number of carbonyl (C=O) groups excluding carboxylic acids is 1. The SMILES string of the molecule is C[C@@H]1CCC[C@@H](C)N1CCCNC(=O)Cn1nc(-c2ccccc2)c2ccccc21. The summed E-state index contributed by atoms with van der Waals surface area (Å²) in [6.45, 7) is 6.64. The molecule has 1 amide bonds. The molecule has 1 fully saturated rings. The second-order valence-electron chi connectivity index (χ2n) is 8.46. The largest absolute Gasteiger partial charge is 0.354 e. The van der Waals surface area contributed by atoms with Crippen LogP contribution in [0.15, 0.2) is 54.6 Å². The highest BCUT2D eigenvalue weighted by Crippen LogP contribution is 2.27. The van der Waals surface area contributed by atoms with E-state index in [-0.39, 0.29) is 12.5 Å². The van der Waals surface area contributed by atoms with E-state index in [9.17, 15) is 4.79 Å². The van der Waals surface area contributed by atoms with Crippen molar-refractivity contribution in [1.29, 1.82) is 0 Å². The Bertz CT molecular complexity index is 971. The molecule has 2 heterocycles. The first-order valence-corrected chi connectivity index (χ1v) is 11.2. The molecule has 1 aromatic heterocycles. The van der Waals surface area contributed by atoms with Gasteiger partial charge in [0.2, 0.25) is 5.91 Å². The topological polar surface area (TPSA) is 50.2 Å². The molecule has 4 rings (SSSR count). The lowest BCUT2D eigenvalue weighted by atomic mass is 9.97. The van der Waals surface area contributed by atoms with Crippen LogP contribution in [0.3, 0.4) is 0 Å². The summed E-state index contributed by atoms with van der Waals surface area (Å²) in [5.41, 5.74) is 2.98. The molecular formula is C25H32N4O. The molecule has 1 aliphatic rings. The van der Waals surface area contributed by atoms with Crippen molar-refractivity contribution in [3.05, 3.63) is 54.6 Å². The van der Waals surface area contributed by atoms with Crippen LogP contribution in [-0.2, 0) is 11.3 Å². The summed E-state index contributed by atoms with van der Waals surface area (Å²) in [7, 11) is 0. The van der Waals surface area contributed by atoms with Gasteiger partial charge in [0.05, 0.1) is 5.52 Å². The molecule has 5 nitrogen and oxygen atoms in total. The Morgan fingerprint density at radius 2 is 1.73 bits per heavy atom. The van der Waals surface area contributed by atoms with Gasteiger partial charge in [-0.3, -0.25) is 14.4 Å². The summed E-state index contributed by atoms with van der Waals surface area (Å²) in [5.74, 6) is 0.0163. The summed E-state index contributed by atoms with van der Waals surface area (Å²) in [5, 5.41) is 8.93. The Kier molecular flexibility index (Phi) is 6.48. The number of aromatic nitrogens is 2. The number of hydrogen-bond donors (Lipinski definition) is 1. The molecule has 1 aliphatic heterocycles. The van der Waals surface area contributed by atoms with Crippen molar-refractivity contribution in [3.8, 4) is 11.3 Å². The molecular weight excluding hydrogens is 372 g/mol. The Balaban J connectivity index is 1.37. The first kappa shape index (κ1) is 20.6. The predicted molar refractivity (Wildman–Crippen MR) is 122 cm³/mol. The molecule has 1 saturated heterocycles. The number of rotatable bonds is 7. The van der Waals surface area contributed by atoms with E-state index >= 15 is 0 Å². The summed E-state index contributed by atoms with van der Waals surface area (Å²) in [6, 6.07) is 19.6. The first-order chi connectivity index (χ1) is 14.6. The van der Waals surface area contributed by atoms with Crippen molar-refractivity contribution in [1.82, 2.24) is 20.0 Å². The second-order valence-corrected chi connectivity index (χ2v) is 8.46. The van der Waals surface area contributed by atoms with E-state index in [0.717, 1.165) is 35.1 Å². The van der Waals surface area contributed by atoms with Crippen LogP contribution in [0.5, 0.6) is 0 Å². The van der Waals surface area contributed by atoms with E-state index < -0.39 is 0 Å². The van der Waals surface area contributed by atoms with E-state index in [0.29, 0.717) is 18.6 Å². The smallest absolute Gasteiger partial charge is 0.241 e. The maximum atomic E-state index is 12.6. The van der Waals surface area contributed by atoms with Crippen LogP contribution in [-0.4, -0.2) is 45.8 Å².